The predicted molar refractivity (Wildman–Crippen MR) is 85.0 cm³/mol. The van der Waals surface area contributed by atoms with Crippen molar-refractivity contribution in [2.24, 2.45) is 11.1 Å². The molecule has 1 aliphatic rings. The highest BCUT2D eigenvalue weighted by Gasteiger charge is 2.31. The van der Waals surface area contributed by atoms with Crippen LogP contribution in [0, 0.1) is 5.41 Å². The molecule has 1 fully saturated rings. The van der Waals surface area contributed by atoms with Gasteiger partial charge in [0.05, 0.1) is 6.04 Å². The second-order valence-electron chi connectivity index (χ2n) is 6.32. The van der Waals surface area contributed by atoms with Gasteiger partial charge in [-0.3, -0.25) is 4.79 Å². The van der Waals surface area contributed by atoms with Crippen LogP contribution in [0.4, 0.5) is 0 Å². The molecule has 0 unspecified atom stereocenters. The molecule has 0 aliphatic carbocycles. The molecule has 4 heteroatoms. The lowest BCUT2D eigenvalue weighted by molar-refractivity contribution is -0.135. The highest BCUT2D eigenvalue weighted by molar-refractivity contribution is 5.85. The van der Waals surface area contributed by atoms with Crippen molar-refractivity contribution in [1.29, 1.82) is 0 Å². The number of hydrogen-bond donors (Lipinski definition) is 1. The maximum Gasteiger partial charge on any atom is 0.239 e. The van der Waals surface area contributed by atoms with Crippen molar-refractivity contribution in [1.82, 2.24) is 4.90 Å². The molecular weight excluding hydrogens is 272 g/mol. The molecule has 1 aromatic carbocycles. The Morgan fingerprint density at radius 2 is 2.00 bits per heavy atom. The number of halogens is 1. The van der Waals surface area contributed by atoms with Crippen LogP contribution in [0.1, 0.15) is 32.3 Å². The van der Waals surface area contributed by atoms with Crippen molar-refractivity contribution >= 4 is 18.3 Å². The van der Waals surface area contributed by atoms with Crippen LogP contribution in [0.5, 0.6) is 0 Å². The Labute approximate surface area is 127 Å². The maximum atomic E-state index is 12.4. The summed E-state index contributed by atoms with van der Waals surface area (Å²) in [5, 5.41) is 0. The smallest absolute Gasteiger partial charge is 0.239 e. The number of carbonyl (C=O) groups is 1. The Morgan fingerprint density at radius 3 is 2.60 bits per heavy atom. The summed E-state index contributed by atoms with van der Waals surface area (Å²) in [7, 11) is 0. The van der Waals surface area contributed by atoms with E-state index in [1.54, 1.807) is 0 Å². The highest BCUT2D eigenvalue weighted by Crippen LogP contribution is 2.28. The van der Waals surface area contributed by atoms with E-state index in [2.05, 4.69) is 13.8 Å². The van der Waals surface area contributed by atoms with Crippen molar-refractivity contribution < 1.29 is 4.79 Å². The largest absolute Gasteiger partial charge is 0.341 e. The van der Waals surface area contributed by atoms with E-state index in [-0.39, 0.29) is 23.7 Å². The fourth-order valence-corrected chi connectivity index (χ4v) is 2.80. The molecule has 1 atom stereocenters. The Bertz CT molecular complexity index is 433. The van der Waals surface area contributed by atoms with Gasteiger partial charge in [0.25, 0.3) is 0 Å². The van der Waals surface area contributed by atoms with Crippen LogP contribution in [-0.2, 0) is 11.2 Å². The first-order valence-corrected chi connectivity index (χ1v) is 7.06. The fraction of sp³-hybridized carbons (Fsp3) is 0.562. The van der Waals surface area contributed by atoms with Crippen LogP contribution in [0.2, 0.25) is 0 Å². The lowest BCUT2D eigenvalue weighted by atomic mass is 9.84. The SMILES string of the molecule is CC1(C)CCCN(C(=O)[C@@H](N)Cc2ccccc2)C1.Cl. The van der Waals surface area contributed by atoms with Gasteiger partial charge in [-0.15, -0.1) is 12.4 Å². The zero-order valence-electron chi connectivity index (χ0n) is 12.3. The standard InChI is InChI=1S/C16H24N2O.ClH/c1-16(2)9-6-10-18(12-16)15(19)14(17)11-13-7-4-3-5-8-13;/h3-5,7-8,14H,6,9-12,17H2,1-2H3;1H/t14-;/m0./s1. The van der Waals surface area contributed by atoms with Crippen molar-refractivity contribution in [3.8, 4) is 0 Å². The summed E-state index contributed by atoms with van der Waals surface area (Å²) in [5.74, 6) is 0.0941. The van der Waals surface area contributed by atoms with Gasteiger partial charge in [0.1, 0.15) is 0 Å². The normalized spacial score (nSPS) is 19.1. The van der Waals surface area contributed by atoms with Crippen LogP contribution in [-0.4, -0.2) is 29.9 Å². The topological polar surface area (TPSA) is 46.3 Å². The molecule has 112 valence electrons. The molecule has 2 N–H and O–H groups in total. The number of nitrogens with zero attached hydrogens (tertiary/aromatic N) is 1. The second kappa shape index (κ2) is 7.09. The van der Waals surface area contributed by atoms with Gasteiger partial charge in [-0.05, 0) is 30.2 Å². The molecule has 1 aromatic rings. The number of nitrogens with two attached hydrogens (primary N) is 1. The van der Waals surface area contributed by atoms with Crippen LogP contribution in [0.25, 0.3) is 0 Å². The summed E-state index contributed by atoms with van der Waals surface area (Å²) < 4.78 is 0. The molecule has 1 saturated heterocycles. The van der Waals surface area contributed by atoms with Crippen LogP contribution in [0.3, 0.4) is 0 Å². The summed E-state index contributed by atoms with van der Waals surface area (Å²) in [6, 6.07) is 9.56. The van der Waals surface area contributed by atoms with Crippen molar-refractivity contribution in [3.05, 3.63) is 35.9 Å². The third-order valence-electron chi connectivity index (χ3n) is 3.83. The van der Waals surface area contributed by atoms with Gasteiger partial charge in [0, 0.05) is 13.1 Å². The molecule has 0 radical (unpaired) electrons. The fourth-order valence-electron chi connectivity index (χ4n) is 2.80. The average Bonchev–Trinajstić information content (AvgIpc) is 2.38. The van der Waals surface area contributed by atoms with E-state index in [0.29, 0.717) is 6.42 Å². The molecule has 20 heavy (non-hydrogen) atoms. The zero-order valence-corrected chi connectivity index (χ0v) is 13.2. The van der Waals surface area contributed by atoms with Gasteiger partial charge in [0.2, 0.25) is 5.91 Å². The average molecular weight is 297 g/mol. The molecule has 0 spiro atoms. The van der Waals surface area contributed by atoms with Crippen molar-refractivity contribution in [2.45, 2.75) is 39.2 Å². The van der Waals surface area contributed by atoms with Crippen LogP contribution < -0.4 is 5.73 Å². The zero-order chi connectivity index (χ0) is 13.9. The lowest BCUT2D eigenvalue weighted by Gasteiger charge is -2.39. The Kier molecular flexibility index (Phi) is 6.03. The highest BCUT2D eigenvalue weighted by atomic mass is 35.5. The minimum Gasteiger partial charge on any atom is -0.341 e. The number of rotatable bonds is 3. The van der Waals surface area contributed by atoms with E-state index in [0.717, 1.165) is 25.1 Å². The predicted octanol–water partition coefficient (Wildman–Crippen LogP) is 2.63. The van der Waals surface area contributed by atoms with E-state index in [4.69, 9.17) is 5.73 Å². The first kappa shape index (κ1) is 17.0. The van der Waals surface area contributed by atoms with E-state index in [9.17, 15) is 4.79 Å². The molecule has 1 heterocycles. The van der Waals surface area contributed by atoms with E-state index in [1.165, 1.54) is 6.42 Å². The molecular formula is C16H25ClN2O. The number of likely N-dealkylation sites (tertiary alicyclic amines) is 1. The number of amides is 1. The third kappa shape index (κ3) is 4.50. The molecule has 0 aromatic heterocycles. The van der Waals surface area contributed by atoms with Gasteiger partial charge >= 0.3 is 0 Å². The van der Waals surface area contributed by atoms with E-state index in [1.807, 2.05) is 35.2 Å². The van der Waals surface area contributed by atoms with Crippen molar-refractivity contribution in [2.75, 3.05) is 13.1 Å². The summed E-state index contributed by atoms with van der Waals surface area (Å²) in [6.45, 7) is 6.11. The van der Waals surface area contributed by atoms with Gasteiger partial charge in [-0.2, -0.15) is 0 Å². The molecule has 2 rings (SSSR count). The summed E-state index contributed by atoms with van der Waals surface area (Å²) in [5.41, 5.74) is 7.42. The van der Waals surface area contributed by atoms with Gasteiger partial charge in [-0.1, -0.05) is 44.2 Å². The van der Waals surface area contributed by atoms with E-state index >= 15 is 0 Å². The summed E-state index contributed by atoms with van der Waals surface area (Å²) in [6.07, 6.45) is 2.89. The summed E-state index contributed by atoms with van der Waals surface area (Å²) >= 11 is 0. The minimum absolute atomic E-state index is 0. The number of hydrogen-bond acceptors (Lipinski definition) is 2. The number of carbonyl (C=O) groups excluding carboxylic acids is 1. The Balaban J connectivity index is 0.00000200. The first-order valence-electron chi connectivity index (χ1n) is 7.06. The molecule has 0 saturated carbocycles. The monoisotopic (exact) mass is 296 g/mol. The third-order valence-corrected chi connectivity index (χ3v) is 3.83. The molecule has 3 nitrogen and oxygen atoms in total. The quantitative estimate of drug-likeness (QED) is 0.932. The molecule has 1 aliphatic heterocycles. The van der Waals surface area contributed by atoms with Crippen LogP contribution in [0.15, 0.2) is 30.3 Å². The summed E-state index contributed by atoms with van der Waals surface area (Å²) in [4.78, 5) is 14.3. The first-order chi connectivity index (χ1) is 8.98. The van der Waals surface area contributed by atoms with Gasteiger partial charge in [-0.25, -0.2) is 0 Å². The van der Waals surface area contributed by atoms with Gasteiger partial charge in [0.15, 0.2) is 0 Å². The lowest BCUT2D eigenvalue weighted by Crippen LogP contribution is -2.50. The Hall–Kier alpha value is -1.06. The van der Waals surface area contributed by atoms with E-state index < -0.39 is 6.04 Å². The van der Waals surface area contributed by atoms with Crippen LogP contribution >= 0.6 is 12.4 Å². The molecule has 1 amide bonds. The maximum absolute atomic E-state index is 12.4. The Morgan fingerprint density at radius 1 is 1.35 bits per heavy atom. The number of benzene rings is 1. The minimum atomic E-state index is -0.420. The second-order valence-corrected chi connectivity index (χ2v) is 6.32. The van der Waals surface area contributed by atoms with Gasteiger partial charge < -0.3 is 10.6 Å². The van der Waals surface area contributed by atoms with Crippen molar-refractivity contribution in [3.63, 3.8) is 0 Å². The number of piperidine rings is 1. The molecule has 0 bridgehead atoms.